The molecule has 1 aliphatic heterocycles. The Labute approximate surface area is 125 Å². The van der Waals surface area contributed by atoms with Crippen molar-refractivity contribution < 1.29 is 8.42 Å². The van der Waals surface area contributed by atoms with Crippen LogP contribution >= 0.6 is 0 Å². The average Bonchev–Trinajstić information content (AvgIpc) is 2.95. The van der Waals surface area contributed by atoms with Crippen molar-refractivity contribution in [3.05, 3.63) is 36.3 Å². The lowest BCUT2D eigenvalue weighted by atomic mass is 9.95. The standard InChI is InChI=1S/C14H20N4O2S/c1-16(2)21(19,20)17-9-4-5-12(11-17)13-6-3-7-14-15-8-10-18(13)14/h3,6-8,10,12H,4-5,9,11H2,1-2H3/t12-/m0/s1. The average molecular weight is 308 g/mol. The zero-order chi connectivity index (χ0) is 15.0. The highest BCUT2D eigenvalue weighted by Crippen LogP contribution is 2.29. The molecule has 3 heterocycles. The molecule has 1 fully saturated rings. The Morgan fingerprint density at radius 2 is 2.14 bits per heavy atom. The minimum Gasteiger partial charge on any atom is -0.304 e. The molecule has 1 saturated heterocycles. The van der Waals surface area contributed by atoms with Crippen LogP contribution in [0.4, 0.5) is 0 Å². The van der Waals surface area contributed by atoms with Crippen molar-refractivity contribution in [2.75, 3.05) is 27.2 Å². The Morgan fingerprint density at radius 3 is 2.90 bits per heavy atom. The van der Waals surface area contributed by atoms with Gasteiger partial charge < -0.3 is 4.40 Å². The van der Waals surface area contributed by atoms with Crippen LogP contribution in [-0.4, -0.2) is 53.6 Å². The van der Waals surface area contributed by atoms with Crippen molar-refractivity contribution in [3.63, 3.8) is 0 Å². The second-order valence-corrected chi connectivity index (χ2v) is 7.74. The van der Waals surface area contributed by atoms with Crippen LogP contribution in [0.25, 0.3) is 5.65 Å². The Balaban J connectivity index is 1.92. The summed E-state index contributed by atoms with van der Waals surface area (Å²) in [6.45, 7) is 1.12. The number of nitrogens with zero attached hydrogens (tertiary/aromatic N) is 4. The Hall–Kier alpha value is -1.44. The van der Waals surface area contributed by atoms with Gasteiger partial charge in [0.15, 0.2) is 0 Å². The lowest BCUT2D eigenvalue weighted by molar-refractivity contribution is 0.295. The minimum absolute atomic E-state index is 0.200. The van der Waals surface area contributed by atoms with Gasteiger partial charge in [-0.2, -0.15) is 17.0 Å². The van der Waals surface area contributed by atoms with E-state index in [1.54, 1.807) is 24.6 Å². The summed E-state index contributed by atoms with van der Waals surface area (Å²) in [6, 6.07) is 6.00. The Morgan fingerprint density at radius 1 is 1.33 bits per heavy atom. The largest absolute Gasteiger partial charge is 0.304 e. The molecule has 3 rings (SSSR count). The van der Waals surface area contributed by atoms with E-state index in [0.717, 1.165) is 24.2 Å². The van der Waals surface area contributed by atoms with E-state index in [1.807, 2.05) is 18.3 Å². The number of rotatable bonds is 3. The van der Waals surface area contributed by atoms with Gasteiger partial charge in [0.2, 0.25) is 0 Å². The third-order valence-electron chi connectivity index (χ3n) is 4.05. The molecular weight excluding hydrogens is 288 g/mol. The van der Waals surface area contributed by atoms with Crippen LogP contribution in [0.15, 0.2) is 30.6 Å². The van der Waals surface area contributed by atoms with Gasteiger partial charge in [0.05, 0.1) is 0 Å². The van der Waals surface area contributed by atoms with E-state index in [2.05, 4.69) is 15.5 Å². The SMILES string of the molecule is CN(C)S(=O)(=O)N1CCC[C@H](c2cccc3nccn23)C1. The summed E-state index contributed by atoms with van der Waals surface area (Å²) in [5.41, 5.74) is 2.03. The number of aromatic nitrogens is 2. The first-order valence-corrected chi connectivity index (χ1v) is 8.49. The first kappa shape index (κ1) is 14.5. The highest BCUT2D eigenvalue weighted by Gasteiger charge is 2.31. The number of pyridine rings is 1. The fraction of sp³-hybridized carbons (Fsp3) is 0.500. The predicted molar refractivity (Wildman–Crippen MR) is 81.3 cm³/mol. The van der Waals surface area contributed by atoms with E-state index in [9.17, 15) is 8.42 Å². The molecule has 2 aromatic rings. The van der Waals surface area contributed by atoms with Crippen LogP contribution in [0.1, 0.15) is 24.5 Å². The Kier molecular flexibility index (Phi) is 3.73. The highest BCUT2D eigenvalue weighted by molar-refractivity contribution is 7.86. The molecule has 0 saturated carbocycles. The molecule has 0 bridgehead atoms. The van der Waals surface area contributed by atoms with Crippen molar-refractivity contribution in [2.45, 2.75) is 18.8 Å². The van der Waals surface area contributed by atoms with Crippen molar-refractivity contribution >= 4 is 15.9 Å². The molecule has 0 radical (unpaired) electrons. The molecule has 0 unspecified atom stereocenters. The molecule has 0 spiro atoms. The van der Waals surface area contributed by atoms with Crippen molar-refractivity contribution in [1.82, 2.24) is 18.0 Å². The van der Waals surface area contributed by atoms with E-state index in [4.69, 9.17) is 0 Å². The molecule has 6 nitrogen and oxygen atoms in total. The van der Waals surface area contributed by atoms with Crippen LogP contribution in [0.3, 0.4) is 0 Å². The zero-order valence-corrected chi connectivity index (χ0v) is 13.1. The molecule has 1 aliphatic rings. The summed E-state index contributed by atoms with van der Waals surface area (Å²) in [6.07, 6.45) is 5.58. The quantitative estimate of drug-likeness (QED) is 0.859. The van der Waals surface area contributed by atoms with Gasteiger partial charge in [0, 0.05) is 51.2 Å². The smallest absolute Gasteiger partial charge is 0.281 e. The number of imidazole rings is 1. The van der Waals surface area contributed by atoms with E-state index >= 15 is 0 Å². The maximum absolute atomic E-state index is 12.3. The summed E-state index contributed by atoms with van der Waals surface area (Å²) < 4.78 is 29.5. The monoisotopic (exact) mass is 308 g/mol. The van der Waals surface area contributed by atoms with E-state index in [-0.39, 0.29) is 5.92 Å². The maximum Gasteiger partial charge on any atom is 0.281 e. The summed E-state index contributed by atoms with van der Waals surface area (Å²) >= 11 is 0. The topological polar surface area (TPSA) is 57.9 Å². The minimum atomic E-state index is -3.34. The van der Waals surface area contributed by atoms with Crippen LogP contribution in [-0.2, 0) is 10.2 Å². The third kappa shape index (κ3) is 2.56. The number of fused-ring (bicyclic) bond motifs is 1. The Bertz CT molecular complexity index is 738. The van der Waals surface area contributed by atoms with E-state index < -0.39 is 10.2 Å². The zero-order valence-electron chi connectivity index (χ0n) is 12.3. The summed E-state index contributed by atoms with van der Waals surface area (Å²) in [5, 5.41) is 0. The molecule has 0 amide bonds. The van der Waals surface area contributed by atoms with Gasteiger partial charge in [-0.3, -0.25) is 0 Å². The number of hydrogen-bond donors (Lipinski definition) is 0. The van der Waals surface area contributed by atoms with Gasteiger partial charge in [0.25, 0.3) is 10.2 Å². The normalized spacial score (nSPS) is 21.2. The molecule has 2 aromatic heterocycles. The fourth-order valence-electron chi connectivity index (χ4n) is 2.93. The lowest BCUT2D eigenvalue weighted by Gasteiger charge is -2.33. The van der Waals surface area contributed by atoms with Gasteiger partial charge in [-0.1, -0.05) is 6.07 Å². The first-order valence-electron chi connectivity index (χ1n) is 7.10. The number of hydrogen-bond acceptors (Lipinski definition) is 3. The van der Waals surface area contributed by atoms with Gasteiger partial charge in [-0.25, -0.2) is 4.98 Å². The molecule has 0 aliphatic carbocycles. The lowest BCUT2D eigenvalue weighted by Crippen LogP contribution is -2.45. The fourth-order valence-corrected chi connectivity index (χ4v) is 4.12. The van der Waals surface area contributed by atoms with Crippen LogP contribution < -0.4 is 0 Å². The van der Waals surface area contributed by atoms with Crippen LogP contribution in [0, 0.1) is 0 Å². The van der Waals surface area contributed by atoms with Gasteiger partial charge in [-0.05, 0) is 25.0 Å². The maximum atomic E-state index is 12.3. The molecule has 0 N–H and O–H groups in total. The van der Waals surface area contributed by atoms with Crippen molar-refractivity contribution in [3.8, 4) is 0 Å². The summed E-state index contributed by atoms with van der Waals surface area (Å²) in [5.74, 6) is 0.200. The van der Waals surface area contributed by atoms with Crippen molar-refractivity contribution in [2.24, 2.45) is 0 Å². The van der Waals surface area contributed by atoms with Crippen LogP contribution in [0.2, 0.25) is 0 Å². The molecule has 1 atom stereocenters. The number of piperidine rings is 1. The van der Waals surface area contributed by atoms with Gasteiger partial charge >= 0.3 is 0 Å². The second-order valence-electron chi connectivity index (χ2n) is 5.59. The van der Waals surface area contributed by atoms with E-state index in [0.29, 0.717) is 13.1 Å². The molecule has 7 heteroatoms. The van der Waals surface area contributed by atoms with E-state index in [1.165, 1.54) is 4.31 Å². The summed E-state index contributed by atoms with van der Waals surface area (Å²) in [4.78, 5) is 4.29. The summed E-state index contributed by atoms with van der Waals surface area (Å²) in [7, 11) is -0.181. The molecule has 114 valence electrons. The first-order chi connectivity index (χ1) is 10.00. The third-order valence-corrected chi connectivity index (χ3v) is 5.96. The second kappa shape index (κ2) is 5.40. The van der Waals surface area contributed by atoms with Crippen molar-refractivity contribution in [1.29, 1.82) is 0 Å². The highest BCUT2D eigenvalue weighted by atomic mass is 32.2. The van der Waals surface area contributed by atoms with Gasteiger partial charge in [0.1, 0.15) is 5.65 Å². The molecule has 21 heavy (non-hydrogen) atoms. The predicted octanol–water partition coefficient (Wildman–Crippen LogP) is 1.32. The van der Waals surface area contributed by atoms with Crippen LogP contribution in [0.5, 0.6) is 0 Å². The van der Waals surface area contributed by atoms with Gasteiger partial charge in [-0.15, -0.1) is 0 Å². The molecular formula is C14H20N4O2S. The molecule has 0 aromatic carbocycles.